The van der Waals surface area contributed by atoms with Crippen LogP contribution in [0.25, 0.3) is 0 Å². The maximum atomic E-state index is 13.8. The summed E-state index contributed by atoms with van der Waals surface area (Å²) < 4.78 is 27.2. The van der Waals surface area contributed by atoms with Gasteiger partial charge in [0.25, 0.3) is 11.8 Å². The Balaban J connectivity index is 1.57. The van der Waals surface area contributed by atoms with Crippen molar-refractivity contribution in [3.8, 4) is 0 Å². The van der Waals surface area contributed by atoms with E-state index in [1.54, 1.807) is 17.0 Å². The second kappa shape index (κ2) is 8.67. The Labute approximate surface area is 166 Å². The molecule has 0 bridgehead atoms. The van der Waals surface area contributed by atoms with Gasteiger partial charge in [-0.3, -0.25) is 9.59 Å². The molecule has 5 nitrogen and oxygen atoms in total. The standard InChI is InChI=1S/C20H20ClF2N3O2/c21-14-3-1-2-13(10-14)11-18(24)20(28)26-8-6-25(7-9-26)19(27)16-12-15(22)4-5-17(16)23/h1-5,10,12,18H,6-9,11,24H2/p+1/t18-/m1/s1. The summed E-state index contributed by atoms with van der Waals surface area (Å²) in [5.74, 6) is -2.11. The largest absolute Gasteiger partial charge is 0.347 e. The molecular formula is C20H21ClF2N3O2+. The lowest BCUT2D eigenvalue weighted by atomic mass is 10.1. The van der Waals surface area contributed by atoms with Gasteiger partial charge in [-0.05, 0) is 35.9 Å². The van der Waals surface area contributed by atoms with Crippen molar-refractivity contribution in [1.82, 2.24) is 9.80 Å². The number of hydrogen-bond acceptors (Lipinski definition) is 2. The first-order valence-corrected chi connectivity index (χ1v) is 9.33. The van der Waals surface area contributed by atoms with E-state index in [0.29, 0.717) is 24.5 Å². The Kier molecular flexibility index (Phi) is 6.26. The van der Waals surface area contributed by atoms with Crippen molar-refractivity contribution in [3.05, 3.63) is 70.2 Å². The Bertz CT molecular complexity index is 886. The molecule has 1 aliphatic rings. The van der Waals surface area contributed by atoms with Gasteiger partial charge in [-0.2, -0.15) is 0 Å². The topological polar surface area (TPSA) is 68.3 Å². The SMILES string of the molecule is [NH3+][C@H](Cc1cccc(Cl)c1)C(=O)N1CCN(C(=O)c2cc(F)ccc2F)CC1. The summed E-state index contributed by atoms with van der Waals surface area (Å²) in [6.45, 7) is 1.15. The minimum absolute atomic E-state index is 0.107. The number of benzene rings is 2. The average Bonchev–Trinajstić information content (AvgIpc) is 2.69. The fourth-order valence-corrected chi connectivity index (χ4v) is 3.47. The zero-order chi connectivity index (χ0) is 20.3. The van der Waals surface area contributed by atoms with Crippen molar-refractivity contribution >= 4 is 23.4 Å². The molecule has 8 heteroatoms. The lowest BCUT2D eigenvalue weighted by Crippen LogP contribution is -2.70. The van der Waals surface area contributed by atoms with Crippen molar-refractivity contribution in [2.24, 2.45) is 0 Å². The molecule has 1 saturated heterocycles. The quantitative estimate of drug-likeness (QED) is 0.837. The number of hydrogen-bond donors (Lipinski definition) is 1. The van der Waals surface area contributed by atoms with Crippen molar-refractivity contribution in [3.63, 3.8) is 0 Å². The van der Waals surface area contributed by atoms with E-state index in [1.807, 2.05) is 12.1 Å². The third-order valence-corrected chi connectivity index (χ3v) is 4.99. The van der Waals surface area contributed by atoms with E-state index in [-0.39, 0.29) is 24.6 Å². The highest BCUT2D eigenvalue weighted by atomic mass is 35.5. The Hall–Kier alpha value is -2.51. The lowest BCUT2D eigenvalue weighted by molar-refractivity contribution is -0.405. The highest BCUT2D eigenvalue weighted by molar-refractivity contribution is 6.30. The number of carbonyl (C=O) groups is 2. The predicted molar refractivity (Wildman–Crippen MR) is 101 cm³/mol. The normalized spacial score (nSPS) is 15.4. The maximum absolute atomic E-state index is 13.8. The molecule has 1 heterocycles. The van der Waals surface area contributed by atoms with E-state index in [2.05, 4.69) is 5.73 Å². The predicted octanol–water partition coefficient (Wildman–Crippen LogP) is 1.76. The van der Waals surface area contributed by atoms with Gasteiger partial charge in [-0.1, -0.05) is 23.7 Å². The third kappa shape index (κ3) is 4.66. The van der Waals surface area contributed by atoms with Crippen LogP contribution in [0.2, 0.25) is 5.02 Å². The van der Waals surface area contributed by atoms with Crippen LogP contribution in [0, 0.1) is 11.6 Å². The zero-order valence-electron chi connectivity index (χ0n) is 15.2. The van der Waals surface area contributed by atoms with Crippen molar-refractivity contribution < 1.29 is 24.1 Å². The average molecular weight is 409 g/mol. The van der Waals surface area contributed by atoms with E-state index < -0.39 is 23.6 Å². The summed E-state index contributed by atoms with van der Waals surface area (Å²) in [6.07, 6.45) is 0.465. The third-order valence-electron chi connectivity index (χ3n) is 4.76. The second-order valence-electron chi connectivity index (χ2n) is 6.77. The number of amides is 2. The highest BCUT2D eigenvalue weighted by Gasteiger charge is 2.30. The van der Waals surface area contributed by atoms with E-state index >= 15 is 0 Å². The van der Waals surface area contributed by atoms with Crippen LogP contribution in [0.1, 0.15) is 15.9 Å². The molecule has 2 amide bonds. The molecule has 0 aromatic heterocycles. The maximum Gasteiger partial charge on any atom is 0.281 e. The summed E-state index contributed by atoms with van der Waals surface area (Å²) in [7, 11) is 0. The number of nitrogens with zero attached hydrogens (tertiary/aromatic N) is 2. The first-order chi connectivity index (χ1) is 13.3. The number of halogens is 3. The molecule has 2 aromatic carbocycles. The van der Waals surface area contributed by atoms with Crippen LogP contribution < -0.4 is 5.73 Å². The van der Waals surface area contributed by atoms with Gasteiger partial charge in [0.2, 0.25) is 0 Å². The van der Waals surface area contributed by atoms with Gasteiger partial charge in [0, 0.05) is 37.6 Å². The number of carbonyl (C=O) groups excluding carboxylic acids is 2. The first-order valence-electron chi connectivity index (χ1n) is 8.96. The Morgan fingerprint density at radius 1 is 1.04 bits per heavy atom. The molecule has 3 rings (SSSR count). The summed E-state index contributed by atoms with van der Waals surface area (Å²) in [5.41, 5.74) is 4.59. The molecule has 3 N–H and O–H groups in total. The van der Waals surface area contributed by atoms with Crippen LogP contribution in [-0.2, 0) is 11.2 Å². The molecular weight excluding hydrogens is 388 g/mol. The van der Waals surface area contributed by atoms with Gasteiger partial charge in [0.1, 0.15) is 11.6 Å². The minimum Gasteiger partial charge on any atom is -0.347 e. The van der Waals surface area contributed by atoms with Crippen LogP contribution in [0.4, 0.5) is 8.78 Å². The molecule has 148 valence electrons. The molecule has 0 radical (unpaired) electrons. The van der Waals surface area contributed by atoms with E-state index in [1.165, 1.54) is 4.90 Å². The number of quaternary nitrogens is 1. The summed E-state index contributed by atoms with van der Waals surface area (Å²) >= 11 is 5.97. The van der Waals surface area contributed by atoms with Crippen molar-refractivity contribution in [1.29, 1.82) is 0 Å². The molecule has 2 aromatic rings. The highest BCUT2D eigenvalue weighted by Crippen LogP contribution is 2.16. The Morgan fingerprint density at radius 3 is 2.39 bits per heavy atom. The van der Waals surface area contributed by atoms with Crippen LogP contribution in [0.3, 0.4) is 0 Å². The van der Waals surface area contributed by atoms with Gasteiger partial charge in [0.05, 0.1) is 5.56 Å². The zero-order valence-corrected chi connectivity index (χ0v) is 16.0. The van der Waals surface area contributed by atoms with Gasteiger partial charge >= 0.3 is 0 Å². The molecule has 1 aliphatic heterocycles. The van der Waals surface area contributed by atoms with E-state index in [4.69, 9.17) is 11.6 Å². The van der Waals surface area contributed by atoms with Gasteiger partial charge in [0.15, 0.2) is 6.04 Å². The van der Waals surface area contributed by atoms with E-state index in [9.17, 15) is 18.4 Å². The molecule has 0 saturated carbocycles. The van der Waals surface area contributed by atoms with Gasteiger partial charge in [-0.25, -0.2) is 8.78 Å². The molecule has 0 aliphatic carbocycles. The fraction of sp³-hybridized carbons (Fsp3) is 0.300. The molecule has 28 heavy (non-hydrogen) atoms. The minimum atomic E-state index is -0.760. The van der Waals surface area contributed by atoms with Crippen LogP contribution in [-0.4, -0.2) is 53.8 Å². The lowest BCUT2D eigenvalue weighted by Gasteiger charge is -2.35. The molecule has 0 unspecified atom stereocenters. The first kappa shape index (κ1) is 20.2. The van der Waals surface area contributed by atoms with Gasteiger partial charge < -0.3 is 15.5 Å². The summed E-state index contributed by atoms with van der Waals surface area (Å²) in [4.78, 5) is 28.2. The summed E-state index contributed by atoms with van der Waals surface area (Å²) in [5, 5.41) is 0.605. The second-order valence-corrected chi connectivity index (χ2v) is 7.21. The van der Waals surface area contributed by atoms with Crippen LogP contribution in [0.5, 0.6) is 0 Å². The fourth-order valence-electron chi connectivity index (χ4n) is 3.26. The molecule has 1 atom stereocenters. The van der Waals surface area contributed by atoms with Crippen molar-refractivity contribution in [2.75, 3.05) is 26.2 Å². The molecule has 0 spiro atoms. The monoisotopic (exact) mass is 408 g/mol. The van der Waals surface area contributed by atoms with Crippen LogP contribution >= 0.6 is 11.6 Å². The van der Waals surface area contributed by atoms with Crippen LogP contribution in [0.15, 0.2) is 42.5 Å². The smallest absolute Gasteiger partial charge is 0.281 e. The van der Waals surface area contributed by atoms with E-state index in [0.717, 1.165) is 23.8 Å². The molecule has 1 fully saturated rings. The Morgan fingerprint density at radius 2 is 1.71 bits per heavy atom. The number of rotatable bonds is 4. The van der Waals surface area contributed by atoms with Gasteiger partial charge in [-0.15, -0.1) is 0 Å². The summed E-state index contributed by atoms with van der Waals surface area (Å²) in [6, 6.07) is 9.61. The number of piperazine rings is 1. The van der Waals surface area contributed by atoms with Crippen molar-refractivity contribution in [2.45, 2.75) is 12.5 Å².